The fraction of sp³-hybridized carbons (Fsp3) is 0.0714. The molecule has 7 heteroatoms. The van der Waals surface area contributed by atoms with Crippen LogP contribution < -0.4 is 5.32 Å². The second-order valence-electron chi connectivity index (χ2n) is 4.35. The van der Waals surface area contributed by atoms with Crippen LogP contribution in [0.1, 0.15) is 5.56 Å². The molecule has 0 unspecified atom stereocenters. The van der Waals surface area contributed by atoms with Gasteiger partial charge in [-0.05, 0) is 23.6 Å². The predicted molar refractivity (Wildman–Crippen MR) is 93.4 cm³/mol. The summed E-state index contributed by atoms with van der Waals surface area (Å²) in [4.78, 5) is 1.15. The van der Waals surface area contributed by atoms with Gasteiger partial charge in [0.2, 0.25) is 0 Å². The number of hydrogen-bond acceptors (Lipinski definition) is 3. The molecule has 2 N–H and O–H groups in total. The lowest BCUT2D eigenvalue weighted by Gasteiger charge is -2.11. The highest BCUT2D eigenvalue weighted by atomic mass is 79.9. The number of thiophene rings is 1. The van der Waals surface area contributed by atoms with Gasteiger partial charge in [-0.3, -0.25) is 5.10 Å². The molecule has 0 atom stereocenters. The zero-order chi connectivity index (χ0) is 14.8. The van der Waals surface area contributed by atoms with Gasteiger partial charge in [-0.15, -0.1) is 11.3 Å². The number of aromatic nitrogens is 2. The van der Waals surface area contributed by atoms with Gasteiger partial charge >= 0.3 is 0 Å². The summed E-state index contributed by atoms with van der Waals surface area (Å²) in [5, 5.41) is 13.6. The molecule has 3 rings (SSSR count). The quantitative estimate of drug-likeness (QED) is 0.577. The van der Waals surface area contributed by atoms with Crippen molar-refractivity contribution in [2.45, 2.75) is 6.54 Å². The topological polar surface area (TPSA) is 40.7 Å². The smallest absolute Gasteiger partial charge is 0.0799 e. The average Bonchev–Trinajstić information content (AvgIpc) is 3.07. The van der Waals surface area contributed by atoms with E-state index in [1.165, 1.54) is 0 Å². The van der Waals surface area contributed by atoms with E-state index in [1.54, 1.807) is 11.3 Å². The fourth-order valence-electron chi connectivity index (χ4n) is 1.97. The highest BCUT2D eigenvalue weighted by Gasteiger charge is 2.11. The van der Waals surface area contributed by atoms with Crippen molar-refractivity contribution in [3.05, 3.63) is 55.9 Å². The molecule has 3 nitrogen and oxygen atoms in total. The zero-order valence-corrected chi connectivity index (χ0v) is 14.6. The first kappa shape index (κ1) is 14.9. The minimum Gasteiger partial charge on any atom is -0.378 e. The van der Waals surface area contributed by atoms with E-state index in [1.807, 2.05) is 29.8 Å². The van der Waals surface area contributed by atoms with Crippen LogP contribution in [0.3, 0.4) is 0 Å². The Kier molecular flexibility index (Phi) is 4.54. The van der Waals surface area contributed by atoms with Gasteiger partial charge in [0.1, 0.15) is 0 Å². The Balaban J connectivity index is 1.82. The summed E-state index contributed by atoms with van der Waals surface area (Å²) in [7, 11) is 0. The molecule has 0 aliphatic carbocycles. The van der Waals surface area contributed by atoms with Crippen molar-refractivity contribution in [3.63, 3.8) is 0 Å². The molecule has 3 aromatic rings. The molecule has 0 aliphatic heterocycles. The van der Waals surface area contributed by atoms with Crippen LogP contribution in [-0.4, -0.2) is 10.2 Å². The number of anilines is 1. The van der Waals surface area contributed by atoms with Crippen molar-refractivity contribution in [1.82, 2.24) is 10.2 Å². The minimum absolute atomic E-state index is 0.579. The molecule has 0 fully saturated rings. The average molecular weight is 403 g/mol. The van der Waals surface area contributed by atoms with Gasteiger partial charge in [0.25, 0.3) is 0 Å². The molecule has 0 spiro atoms. The number of hydrogen-bond donors (Lipinski definition) is 2. The molecule has 21 heavy (non-hydrogen) atoms. The van der Waals surface area contributed by atoms with Crippen LogP contribution in [0.2, 0.25) is 10.0 Å². The van der Waals surface area contributed by atoms with Gasteiger partial charge in [0.15, 0.2) is 0 Å². The van der Waals surface area contributed by atoms with Crippen LogP contribution in [0.15, 0.2) is 40.3 Å². The molecular formula is C14H10BrCl2N3S. The number of aromatic amines is 1. The van der Waals surface area contributed by atoms with Crippen LogP contribution in [0, 0.1) is 0 Å². The number of H-pyrrole nitrogens is 1. The molecule has 0 amide bonds. The second kappa shape index (κ2) is 6.40. The first-order chi connectivity index (χ1) is 10.1. The molecule has 1 aromatic carbocycles. The van der Waals surface area contributed by atoms with Crippen molar-refractivity contribution in [2.75, 3.05) is 5.32 Å². The van der Waals surface area contributed by atoms with E-state index >= 15 is 0 Å². The molecule has 108 valence electrons. The Morgan fingerprint density at radius 1 is 1.29 bits per heavy atom. The van der Waals surface area contributed by atoms with Gasteiger partial charge in [-0.25, -0.2) is 0 Å². The van der Waals surface area contributed by atoms with Gasteiger partial charge in [0.05, 0.1) is 32.5 Å². The maximum Gasteiger partial charge on any atom is 0.0799 e. The van der Waals surface area contributed by atoms with Crippen LogP contribution in [0.25, 0.3) is 10.6 Å². The zero-order valence-electron chi connectivity index (χ0n) is 10.7. The summed E-state index contributed by atoms with van der Waals surface area (Å²) in [5.41, 5.74) is 2.80. The molecule has 0 aliphatic rings. The lowest BCUT2D eigenvalue weighted by atomic mass is 10.2. The molecule has 0 radical (unpaired) electrons. The molecular weight excluding hydrogens is 393 g/mol. The van der Waals surface area contributed by atoms with Crippen molar-refractivity contribution in [1.29, 1.82) is 0 Å². The molecule has 0 saturated carbocycles. The molecule has 0 bridgehead atoms. The van der Waals surface area contributed by atoms with Gasteiger partial charge in [-0.1, -0.05) is 45.2 Å². The lowest BCUT2D eigenvalue weighted by Crippen LogP contribution is -2.01. The van der Waals surface area contributed by atoms with Crippen molar-refractivity contribution in [2.24, 2.45) is 0 Å². The van der Waals surface area contributed by atoms with Gasteiger partial charge in [0, 0.05) is 16.6 Å². The Morgan fingerprint density at radius 2 is 2.05 bits per heavy atom. The standard InChI is InChI=1S/C14H10BrCl2N3S/c15-9-4-10(16)14(11(17)5-9)18-6-8-7-19-20-13(8)12-2-1-3-21-12/h1-5,7,18H,6H2,(H,19,20). The Labute approximate surface area is 144 Å². The number of nitrogens with one attached hydrogen (secondary N) is 2. The summed E-state index contributed by atoms with van der Waals surface area (Å²) in [6, 6.07) is 7.69. The predicted octanol–water partition coefficient (Wildman–Crippen LogP) is 5.82. The highest BCUT2D eigenvalue weighted by molar-refractivity contribution is 9.10. The van der Waals surface area contributed by atoms with E-state index in [2.05, 4.69) is 37.5 Å². The first-order valence-corrected chi connectivity index (χ1v) is 8.52. The van der Waals surface area contributed by atoms with E-state index in [-0.39, 0.29) is 0 Å². The number of halogens is 3. The molecule has 2 aromatic heterocycles. The monoisotopic (exact) mass is 401 g/mol. The van der Waals surface area contributed by atoms with Gasteiger partial charge in [-0.2, -0.15) is 5.10 Å². The maximum atomic E-state index is 6.22. The van der Waals surface area contributed by atoms with Crippen molar-refractivity contribution >= 4 is 56.2 Å². The third-order valence-electron chi connectivity index (χ3n) is 2.95. The first-order valence-electron chi connectivity index (χ1n) is 6.09. The second-order valence-corrected chi connectivity index (χ2v) is 7.02. The van der Waals surface area contributed by atoms with E-state index in [0.717, 1.165) is 26.3 Å². The number of benzene rings is 1. The number of rotatable bonds is 4. The summed E-state index contributed by atoms with van der Waals surface area (Å²) in [5.74, 6) is 0. The lowest BCUT2D eigenvalue weighted by molar-refractivity contribution is 1.10. The summed E-state index contributed by atoms with van der Waals surface area (Å²) >= 11 is 17.5. The summed E-state index contributed by atoms with van der Waals surface area (Å²) in [6.45, 7) is 0.588. The Hall–Kier alpha value is -1.01. The number of nitrogens with zero attached hydrogens (tertiary/aromatic N) is 1. The SMILES string of the molecule is Clc1cc(Br)cc(Cl)c1NCc1cn[nH]c1-c1cccs1. The van der Waals surface area contributed by atoms with E-state index in [0.29, 0.717) is 16.6 Å². The van der Waals surface area contributed by atoms with Crippen molar-refractivity contribution in [3.8, 4) is 10.6 Å². The van der Waals surface area contributed by atoms with Crippen LogP contribution in [0.4, 0.5) is 5.69 Å². The van der Waals surface area contributed by atoms with E-state index in [9.17, 15) is 0 Å². The Morgan fingerprint density at radius 3 is 2.71 bits per heavy atom. The third kappa shape index (κ3) is 3.26. The minimum atomic E-state index is 0.579. The van der Waals surface area contributed by atoms with Crippen molar-refractivity contribution < 1.29 is 0 Å². The summed E-state index contributed by atoms with van der Waals surface area (Å²) < 4.78 is 0.852. The van der Waals surface area contributed by atoms with E-state index < -0.39 is 0 Å². The fourth-order valence-corrected chi connectivity index (χ4v) is 4.07. The Bertz CT molecular complexity index is 732. The maximum absolute atomic E-state index is 6.22. The van der Waals surface area contributed by atoms with Crippen LogP contribution in [0.5, 0.6) is 0 Å². The van der Waals surface area contributed by atoms with E-state index in [4.69, 9.17) is 23.2 Å². The van der Waals surface area contributed by atoms with Crippen LogP contribution >= 0.6 is 50.5 Å². The molecule has 2 heterocycles. The van der Waals surface area contributed by atoms with Crippen LogP contribution in [-0.2, 0) is 6.54 Å². The largest absolute Gasteiger partial charge is 0.378 e. The molecule has 0 saturated heterocycles. The normalized spacial score (nSPS) is 10.8. The highest BCUT2D eigenvalue weighted by Crippen LogP contribution is 2.34. The van der Waals surface area contributed by atoms with Gasteiger partial charge < -0.3 is 5.32 Å². The third-order valence-corrected chi connectivity index (χ3v) is 4.89. The summed E-state index contributed by atoms with van der Waals surface area (Å²) in [6.07, 6.45) is 1.81.